The number of rotatable bonds is 7. The quantitative estimate of drug-likeness (QED) is 0.286. The van der Waals surface area contributed by atoms with Crippen molar-refractivity contribution in [3.05, 3.63) is 38.7 Å². The van der Waals surface area contributed by atoms with Crippen molar-refractivity contribution >= 4 is 39.6 Å². The molecule has 3 N–H and O–H groups in total. The third-order valence-electron chi connectivity index (χ3n) is 4.95. The molecule has 1 aliphatic rings. The molecule has 3 heterocycles. The lowest BCUT2D eigenvalue weighted by atomic mass is 10.1. The number of benzene rings is 1. The Morgan fingerprint density at radius 3 is 2.93 bits per heavy atom. The van der Waals surface area contributed by atoms with Crippen LogP contribution in [0.15, 0.2) is 12.1 Å². The van der Waals surface area contributed by atoms with Crippen LogP contribution in [0.3, 0.4) is 0 Å². The molecule has 0 radical (unpaired) electrons. The SMILES string of the molecule is CC(C)CNCCn1c(Cc2cc3c(cc2[131I])CCO3)nc2c(N)nc(F)nc21. The van der Waals surface area contributed by atoms with E-state index in [2.05, 4.69) is 68.8 Å². The van der Waals surface area contributed by atoms with Gasteiger partial charge in [0.1, 0.15) is 11.6 Å². The highest BCUT2D eigenvalue weighted by Gasteiger charge is 2.20. The van der Waals surface area contributed by atoms with Crippen LogP contribution in [0, 0.1) is 15.6 Å². The van der Waals surface area contributed by atoms with Crippen molar-refractivity contribution in [3.8, 4) is 5.75 Å². The fourth-order valence-electron chi connectivity index (χ4n) is 3.53. The van der Waals surface area contributed by atoms with E-state index < -0.39 is 6.08 Å². The largest absolute Gasteiger partial charge is 0.493 e. The van der Waals surface area contributed by atoms with E-state index in [0.717, 1.165) is 46.8 Å². The number of hydrogen-bond acceptors (Lipinski definition) is 6. The lowest BCUT2D eigenvalue weighted by Crippen LogP contribution is -2.25. The molecule has 7 nitrogen and oxygen atoms in total. The van der Waals surface area contributed by atoms with Crippen molar-refractivity contribution in [2.75, 3.05) is 25.4 Å². The fraction of sp³-hybridized carbons (Fsp3) is 0.450. The van der Waals surface area contributed by atoms with Crippen molar-refractivity contribution < 1.29 is 9.13 Å². The molecule has 0 saturated heterocycles. The van der Waals surface area contributed by atoms with Gasteiger partial charge in [0.25, 0.3) is 0 Å². The normalized spacial score (nSPS) is 13.3. The topological polar surface area (TPSA) is 90.9 Å². The number of ether oxygens (including phenoxy) is 1. The Morgan fingerprint density at radius 2 is 2.14 bits per heavy atom. The van der Waals surface area contributed by atoms with Gasteiger partial charge in [-0.3, -0.25) is 0 Å². The molecule has 0 amide bonds. The Kier molecular flexibility index (Phi) is 5.86. The average molecular weight is 514 g/mol. The van der Waals surface area contributed by atoms with Gasteiger partial charge in [-0.2, -0.15) is 14.4 Å². The molecule has 0 aliphatic carbocycles. The standard InChI is InChI=1S/C20H24FIN6O/c1-11(2)10-24-4-5-28-16(25-17-18(23)26-20(21)27-19(17)28)9-13-8-15-12(3-6-29-15)7-14(13)22/h7-8,11,24H,3-6,9-10H2,1-2H3,(H2,23,26,27)/i22+4. The molecular weight excluding hydrogens is 490 g/mol. The third kappa shape index (κ3) is 4.30. The minimum atomic E-state index is -0.835. The molecule has 0 atom stereocenters. The van der Waals surface area contributed by atoms with Crippen molar-refractivity contribution in [2.45, 2.75) is 33.2 Å². The minimum Gasteiger partial charge on any atom is -0.493 e. The predicted molar refractivity (Wildman–Crippen MR) is 119 cm³/mol. The maximum atomic E-state index is 13.8. The molecule has 0 spiro atoms. The highest BCUT2D eigenvalue weighted by Crippen LogP contribution is 2.31. The second-order valence-corrected chi connectivity index (χ2v) is 8.82. The van der Waals surface area contributed by atoms with Gasteiger partial charge in [0.15, 0.2) is 17.0 Å². The number of halogens is 2. The highest BCUT2D eigenvalue weighted by atomic mass is 131. The molecule has 0 bridgehead atoms. The lowest BCUT2D eigenvalue weighted by Gasteiger charge is -2.12. The second kappa shape index (κ2) is 8.39. The Hall–Kier alpha value is -2.01. The molecule has 154 valence electrons. The first-order valence-corrected chi connectivity index (χ1v) is 10.8. The van der Waals surface area contributed by atoms with Gasteiger partial charge in [-0.05, 0) is 58.3 Å². The Labute approximate surface area is 182 Å². The number of nitrogen functional groups attached to an aromatic ring is 1. The van der Waals surface area contributed by atoms with E-state index in [-0.39, 0.29) is 5.82 Å². The van der Waals surface area contributed by atoms with E-state index >= 15 is 0 Å². The van der Waals surface area contributed by atoms with Gasteiger partial charge in [0.05, 0.1) is 6.61 Å². The van der Waals surface area contributed by atoms with E-state index in [4.69, 9.17) is 10.5 Å². The molecule has 1 aromatic carbocycles. The second-order valence-electron chi connectivity index (χ2n) is 7.65. The van der Waals surface area contributed by atoms with Crippen molar-refractivity contribution in [1.82, 2.24) is 24.8 Å². The smallest absolute Gasteiger partial charge is 0.312 e. The zero-order chi connectivity index (χ0) is 20.5. The fourth-order valence-corrected chi connectivity index (χ4v) is 4.26. The van der Waals surface area contributed by atoms with Crippen LogP contribution in [0.5, 0.6) is 5.75 Å². The van der Waals surface area contributed by atoms with Crippen LogP contribution >= 0.6 is 22.6 Å². The predicted octanol–water partition coefficient (Wildman–Crippen LogP) is 2.92. The third-order valence-corrected chi connectivity index (χ3v) is 5.95. The molecular formula is C20H24FIN6O. The molecule has 4 rings (SSSR count). The summed E-state index contributed by atoms with van der Waals surface area (Å²) in [7, 11) is 0. The summed E-state index contributed by atoms with van der Waals surface area (Å²) in [6.07, 6.45) is 0.687. The zero-order valence-electron chi connectivity index (χ0n) is 16.5. The minimum absolute atomic E-state index is 0.0645. The summed E-state index contributed by atoms with van der Waals surface area (Å²) in [6, 6.07) is 4.25. The van der Waals surface area contributed by atoms with Crippen LogP contribution in [0.2, 0.25) is 0 Å². The van der Waals surface area contributed by atoms with Crippen molar-refractivity contribution in [1.29, 1.82) is 0 Å². The highest BCUT2D eigenvalue weighted by molar-refractivity contribution is 14.1. The average Bonchev–Trinajstić information content (AvgIpc) is 3.23. The van der Waals surface area contributed by atoms with Crippen LogP contribution in [-0.4, -0.2) is 39.2 Å². The van der Waals surface area contributed by atoms with Gasteiger partial charge in [0.2, 0.25) is 0 Å². The first-order chi connectivity index (χ1) is 13.9. The molecule has 3 aromatic rings. The lowest BCUT2D eigenvalue weighted by molar-refractivity contribution is 0.356. The number of anilines is 1. The molecule has 29 heavy (non-hydrogen) atoms. The van der Waals surface area contributed by atoms with Crippen LogP contribution < -0.4 is 15.8 Å². The molecule has 9 heteroatoms. The Balaban J connectivity index is 1.69. The molecule has 1 aliphatic heterocycles. The van der Waals surface area contributed by atoms with E-state index in [1.807, 2.05) is 4.57 Å². The summed E-state index contributed by atoms with van der Waals surface area (Å²) in [5.74, 6) is 2.34. The van der Waals surface area contributed by atoms with E-state index in [1.54, 1.807) is 0 Å². The summed E-state index contributed by atoms with van der Waals surface area (Å²) < 4.78 is 22.7. The Morgan fingerprint density at radius 1 is 1.31 bits per heavy atom. The van der Waals surface area contributed by atoms with Gasteiger partial charge >= 0.3 is 6.08 Å². The zero-order valence-corrected chi connectivity index (χ0v) is 18.7. The first-order valence-electron chi connectivity index (χ1n) is 9.75. The number of imidazole rings is 1. The number of hydrogen-bond donors (Lipinski definition) is 2. The summed E-state index contributed by atoms with van der Waals surface area (Å²) in [4.78, 5) is 12.3. The van der Waals surface area contributed by atoms with Gasteiger partial charge in [0, 0.05) is 29.5 Å². The van der Waals surface area contributed by atoms with Crippen LogP contribution in [0.1, 0.15) is 30.8 Å². The van der Waals surface area contributed by atoms with Crippen molar-refractivity contribution in [3.63, 3.8) is 0 Å². The molecule has 0 saturated carbocycles. The molecule has 2 aromatic heterocycles. The van der Waals surface area contributed by atoms with Crippen LogP contribution in [0.4, 0.5) is 10.2 Å². The molecule has 0 unspecified atom stereocenters. The number of nitrogens with zero attached hydrogens (tertiary/aromatic N) is 4. The summed E-state index contributed by atoms with van der Waals surface area (Å²) in [6.45, 7) is 7.30. The van der Waals surface area contributed by atoms with Crippen molar-refractivity contribution in [2.24, 2.45) is 5.92 Å². The van der Waals surface area contributed by atoms with Gasteiger partial charge in [-0.25, -0.2) is 4.98 Å². The maximum Gasteiger partial charge on any atom is 0.312 e. The van der Waals surface area contributed by atoms with E-state index in [0.29, 0.717) is 30.0 Å². The summed E-state index contributed by atoms with van der Waals surface area (Å²) in [5.41, 5.74) is 9.16. The summed E-state index contributed by atoms with van der Waals surface area (Å²) >= 11 is 2.35. The number of aromatic nitrogens is 4. The first kappa shape index (κ1) is 20.3. The van der Waals surface area contributed by atoms with Gasteiger partial charge in [-0.1, -0.05) is 13.8 Å². The number of fused-ring (bicyclic) bond motifs is 2. The van der Waals surface area contributed by atoms with Crippen LogP contribution in [0.25, 0.3) is 11.2 Å². The monoisotopic (exact) mass is 514 g/mol. The van der Waals surface area contributed by atoms with Crippen LogP contribution in [-0.2, 0) is 19.4 Å². The van der Waals surface area contributed by atoms with Gasteiger partial charge < -0.3 is 20.4 Å². The van der Waals surface area contributed by atoms with E-state index in [1.165, 1.54) is 5.56 Å². The maximum absolute atomic E-state index is 13.8. The summed E-state index contributed by atoms with van der Waals surface area (Å²) in [5, 5.41) is 3.41. The van der Waals surface area contributed by atoms with Gasteiger partial charge in [-0.15, -0.1) is 0 Å². The molecule has 0 fully saturated rings. The Bertz CT molecular complexity index is 1050. The number of nitrogens with one attached hydrogen (secondary N) is 1. The number of nitrogens with two attached hydrogens (primary N) is 1. The van der Waals surface area contributed by atoms with E-state index in [9.17, 15) is 4.39 Å².